The molecule has 0 aromatic heterocycles. The maximum absolute atomic E-state index is 7.28. The van der Waals surface area contributed by atoms with Gasteiger partial charge in [-0.2, -0.15) is 0 Å². The van der Waals surface area contributed by atoms with Crippen LogP contribution in [0.15, 0.2) is 315 Å². The Hall–Kier alpha value is -6.44. The third-order valence-corrected chi connectivity index (χ3v) is 30.7. The van der Waals surface area contributed by atoms with E-state index in [-0.39, 0.29) is 94.9 Å². The minimum Gasteiger partial charge on any atom is -0.366 e. The van der Waals surface area contributed by atoms with Crippen LogP contribution < -0.4 is 42.4 Å². The minimum absolute atomic E-state index is 0. The zero-order chi connectivity index (χ0) is 62.1. The fourth-order valence-corrected chi connectivity index (χ4v) is 27.7. The van der Waals surface area contributed by atoms with Crippen LogP contribution in [-0.4, -0.2) is 11.8 Å². The van der Waals surface area contributed by atoms with Crippen LogP contribution in [0.25, 0.3) is 22.3 Å². The average Bonchev–Trinajstić information content (AvgIpc) is 1.58. The van der Waals surface area contributed by atoms with E-state index in [0.717, 1.165) is 28.7 Å². The van der Waals surface area contributed by atoms with Gasteiger partial charge in [-0.3, -0.25) is 23.7 Å². The molecule has 0 N–H and O–H groups in total. The number of benzene rings is 12. The second kappa shape index (κ2) is 37.2. The zero-order valence-corrected chi connectivity index (χ0v) is 64.5. The first-order chi connectivity index (χ1) is 44.2. The van der Waals surface area contributed by atoms with Gasteiger partial charge in [-0.1, -0.05) is 189 Å². The molecule has 8 heteroatoms. The molecule has 472 valence electrons. The smallest absolute Gasteiger partial charge is 0.366 e. The molecule has 0 atom stereocenters. The van der Waals surface area contributed by atoms with Crippen molar-refractivity contribution in [3.8, 4) is 45.9 Å². The molecule has 0 radical (unpaired) electrons. The summed E-state index contributed by atoms with van der Waals surface area (Å²) in [4.78, 5) is 0. The Labute approximate surface area is 626 Å². The van der Waals surface area contributed by atoms with Gasteiger partial charge in [-0.05, 0) is 142 Å². The van der Waals surface area contributed by atoms with Crippen LogP contribution in [0.5, 0.6) is 0 Å². The molecular formula is C86H68Au4P4+4. The molecule has 0 unspecified atom stereocenters. The first-order valence-electron chi connectivity index (χ1n) is 30.4. The quantitative estimate of drug-likeness (QED) is 0.0495. The SMILES string of the molecule is [Au+].[Au+].[Au+].[Au+].[C-]#Cc1ccc2c(c1)-c1ccc(C#[C-])cc1C2(C)C.[C-]#Cc1ccc2c(c1)Cc1ccc(C#[C-])cc1-2.c1ccc([PH+](C[PH+](c2ccccc2)c2ccccc2)c2ccccc2)cc1.c1ccc([PH+](C[PH+](c2ccccc2)c2ccccc2)c2ccccc2)cc1. The Bertz CT molecular complexity index is 4040. The summed E-state index contributed by atoms with van der Waals surface area (Å²) in [6, 6.07) is 113. The largest absolute Gasteiger partial charge is 1.00 e. The van der Waals surface area contributed by atoms with Crippen molar-refractivity contribution in [1.82, 2.24) is 0 Å². The molecule has 0 saturated carbocycles. The zero-order valence-electron chi connectivity index (χ0n) is 51.8. The van der Waals surface area contributed by atoms with Crippen molar-refractivity contribution >= 4 is 74.1 Å². The molecule has 12 aromatic rings. The van der Waals surface area contributed by atoms with Crippen LogP contribution >= 0.6 is 31.7 Å². The van der Waals surface area contributed by atoms with Crippen molar-refractivity contribution in [1.29, 1.82) is 0 Å². The maximum atomic E-state index is 7.28. The summed E-state index contributed by atoms with van der Waals surface area (Å²) < 4.78 is 0. The molecule has 2 aliphatic carbocycles. The average molecular weight is 2010 g/mol. The van der Waals surface area contributed by atoms with Crippen molar-refractivity contribution in [2.45, 2.75) is 25.7 Å². The van der Waals surface area contributed by atoms with Gasteiger partial charge in [-0.15, -0.1) is 70.8 Å². The van der Waals surface area contributed by atoms with Crippen LogP contribution in [0.2, 0.25) is 0 Å². The Kier molecular flexibility index (Phi) is 29.6. The van der Waals surface area contributed by atoms with Gasteiger partial charge >= 0.3 is 89.5 Å². The first-order valence-corrected chi connectivity index (χ1v) is 37.2. The predicted octanol–water partition coefficient (Wildman–Crippen LogP) is 16.3. The summed E-state index contributed by atoms with van der Waals surface area (Å²) in [6.07, 6.45) is 29.8. The summed E-state index contributed by atoms with van der Waals surface area (Å²) in [5.74, 6) is 12.2. The summed E-state index contributed by atoms with van der Waals surface area (Å²) in [5.41, 5.74) is 12.9. The molecule has 0 bridgehead atoms. The molecule has 0 saturated heterocycles. The first kappa shape index (κ1) is 74.9. The van der Waals surface area contributed by atoms with Crippen LogP contribution in [0.1, 0.15) is 58.4 Å². The van der Waals surface area contributed by atoms with E-state index in [2.05, 4.69) is 292 Å². The molecule has 0 aliphatic heterocycles. The molecule has 0 spiro atoms. The fourth-order valence-electron chi connectivity index (χ4n) is 12.2. The van der Waals surface area contributed by atoms with Gasteiger partial charge < -0.3 is 25.7 Å². The number of hydrogen-bond acceptors (Lipinski definition) is 0. The van der Waals surface area contributed by atoms with Crippen molar-refractivity contribution in [3.63, 3.8) is 0 Å². The van der Waals surface area contributed by atoms with Gasteiger partial charge in [-0.25, -0.2) is 0 Å². The van der Waals surface area contributed by atoms with Gasteiger partial charge in [0.25, 0.3) is 0 Å². The van der Waals surface area contributed by atoms with Crippen molar-refractivity contribution in [2.75, 3.05) is 11.8 Å². The van der Waals surface area contributed by atoms with E-state index in [0.29, 0.717) is 0 Å². The van der Waals surface area contributed by atoms with Crippen LogP contribution in [0, 0.1) is 49.4 Å². The molecule has 2 aliphatic rings. The minimum atomic E-state index is -0.847. The predicted molar refractivity (Wildman–Crippen MR) is 395 cm³/mol. The van der Waals surface area contributed by atoms with Crippen molar-refractivity contribution < 1.29 is 89.5 Å². The number of fused-ring (bicyclic) bond motifs is 6. The summed E-state index contributed by atoms with van der Waals surface area (Å²) in [7, 11) is -3.39. The second-order valence-corrected chi connectivity index (χ2v) is 34.0. The summed E-state index contributed by atoms with van der Waals surface area (Å²) >= 11 is 0. The Morgan fingerprint density at radius 2 is 0.532 bits per heavy atom. The van der Waals surface area contributed by atoms with E-state index in [1.807, 2.05) is 60.7 Å². The van der Waals surface area contributed by atoms with Gasteiger partial charge in [0.2, 0.25) is 0 Å². The van der Waals surface area contributed by atoms with E-state index >= 15 is 0 Å². The van der Waals surface area contributed by atoms with E-state index in [4.69, 9.17) is 25.7 Å². The molecule has 14 rings (SSSR count). The van der Waals surface area contributed by atoms with Gasteiger partial charge in [0.15, 0.2) is 11.8 Å². The normalized spacial score (nSPS) is 11.2. The third-order valence-electron chi connectivity index (χ3n) is 16.8. The second-order valence-electron chi connectivity index (χ2n) is 22.8. The van der Waals surface area contributed by atoms with Gasteiger partial charge in [0.1, 0.15) is 74.1 Å². The molecule has 94 heavy (non-hydrogen) atoms. The third kappa shape index (κ3) is 18.6. The standard InChI is InChI=1S/2C25H22P2.C19H12.C17H8.4Au/c2*1-5-13-22(14-6-1)26(23-15-7-2-8-16-23)21-27(24-17-9-3-10-18-24)25-19-11-4-12-20-25;1-5-13-8-10-17-16(11-13)15-9-7-14(6-2)12-18(15)19(17,3)4;1-3-12-6-8-16-15(9-12)11-14-7-5-13(4-2)10-17(14)16;;;;/h2*1-20H,21H2;7-12H,3-4H3;5-10H,11H2;;;;/q;;2*-2;4*+1/p+4. The Morgan fingerprint density at radius 3 is 0.851 bits per heavy atom. The van der Waals surface area contributed by atoms with Crippen molar-refractivity contribution in [3.05, 3.63) is 386 Å². The van der Waals surface area contributed by atoms with Crippen molar-refractivity contribution in [2.24, 2.45) is 0 Å². The summed E-state index contributed by atoms with van der Waals surface area (Å²) in [5, 5.41) is 12.0. The van der Waals surface area contributed by atoms with E-state index in [9.17, 15) is 0 Å². The molecule has 0 heterocycles. The fraction of sp³-hybridized carbons (Fsp3) is 0.0698. The van der Waals surface area contributed by atoms with E-state index < -0.39 is 31.7 Å². The topological polar surface area (TPSA) is 0 Å². The number of hydrogen-bond donors (Lipinski definition) is 0. The Morgan fingerprint density at radius 1 is 0.266 bits per heavy atom. The molecule has 12 aromatic carbocycles. The molecule has 0 nitrogen and oxygen atoms in total. The molecule has 0 fully saturated rings. The maximum Gasteiger partial charge on any atom is 1.00 e. The number of rotatable bonds is 12. The van der Waals surface area contributed by atoms with Crippen LogP contribution in [0.3, 0.4) is 0 Å². The monoisotopic (exact) mass is 2010 g/mol. The Balaban J connectivity index is 0.000000178. The van der Waals surface area contributed by atoms with E-state index in [1.54, 1.807) is 0 Å². The van der Waals surface area contributed by atoms with Crippen LogP contribution in [-0.2, 0) is 101 Å². The van der Waals surface area contributed by atoms with Crippen LogP contribution in [0.4, 0.5) is 0 Å². The molecule has 0 amide bonds. The molecular weight excluding hydrogens is 1940 g/mol. The van der Waals surface area contributed by atoms with Gasteiger partial charge in [0.05, 0.1) is 0 Å². The summed E-state index contributed by atoms with van der Waals surface area (Å²) in [6.45, 7) is 4.39. The van der Waals surface area contributed by atoms with Gasteiger partial charge in [0, 0.05) is 5.41 Å². The van der Waals surface area contributed by atoms with E-state index in [1.165, 1.54) is 98.7 Å².